The summed E-state index contributed by atoms with van der Waals surface area (Å²) in [6.07, 6.45) is 5.69. The first-order chi connectivity index (χ1) is 14.5. The van der Waals surface area contributed by atoms with E-state index in [1.165, 1.54) is 0 Å². The maximum atomic E-state index is 14.5. The van der Waals surface area contributed by atoms with Gasteiger partial charge >= 0.3 is 0 Å². The van der Waals surface area contributed by atoms with Gasteiger partial charge in [0.05, 0.1) is 17.8 Å². The van der Waals surface area contributed by atoms with Crippen molar-refractivity contribution in [2.75, 3.05) is 11.9 Å². The van der Waals surface area contributed by atoms with Gasteiger partial charge in [-0.05, 0) is 37.3 Å². The van der Waals surface area contributed by atoms with Crippen molar-refractivity contribution in [3.63, 3.8) is 0 Å². The fourth-order valence-electron chi connectivity index (χ4n) is 4.02. The van der Waals surface area contributed by atoms with Crippen LogP contribution in [0.3, 0.4) is 0 Å². The first kappa shape index (κ1) is 20.2. The topological polar surface area (TPSA) is 92.9 Å². The van der Waals surface area contributed by atoms with Crippen molar-refractivity contribution in [3.05, 3.63) is 30.7 Å². The minimum Gasteiger partial charge on any atom is -0.507 e. The molecule has 3 atom stereocenters. The van der Waals surface area contributed by atoms with Crippen LogP contribution in [-0.2, 0) is 7.05 Å². The van der Waals surface area contributed by atoms with Crippen molar-refractivity contribution in [2.45, 2.75) is 44.8 Å². The Balaban J connectivity index is 1.53. The zero-order valence-electron chi connectivity index (χ0n) is 17.4. The summed E-state index contributed by atoms with van der Waals surface area (Å²) in [5.41, 5.74) is 1.15. The van der Waals surface area contributed by atoms with Crippen LogP contribution in [0, 0.1) is 5.92 Å². The second kappa shape index (κ2) is 8.33. The number of phenols is 1. The molecule has 8 nitrogen and oxygen atoms in total. The number of hydrogen-bond acceptors (Lipinski definition) is 7. The number of aryl methyl sites for hydroxylation is 1. The van der Waals surface area contributed by atoms with Gasteiger partial charge in [0.15, 0.2) is 17.5 Å². The lowest BCUT2D eigenvalue weighted by atomic mass is 9.82. The third-order valence-electron chi connectivity index (χ3n) is 5.93. The largest absolute Gasteiger partial charge is 0.507 e. The van der Waals surface area contributed by atoms with Gasteiger partial charge < -0.3 is 10.0 Å². The molecule has 3 aromatic rings. The molecule has 2 heterocycles. The fraction of sp³-hybridized carbons (Fsp3) is 0.476. The maximum Gasteiger partial charge on any atom is 0.185 e. The quantitative estimate of drug-likeness (QED) is 0.688. The molecule has 1 aromatic carbocycles. The van der Waals surface area contributed by atoms with E-state index in [0.29, 0.717) is 40.9 Å². The Morgan fingerprint density at radius 2 is 2.03 bits per heavy atom. The Labute approximate surface area is 174 Å². The molecule has 1 aliphatic carbocycles. The highest BCUT2D eigenvalue weighted by atomic mass is 19.1. The van der Waals surface area contributed by atoms with Gasteiger partial charge in [-0.25, -0.2) is 14.4 Å². The zero-order valence-corrected chi connectivity index (χ0v) is 17.4. The van der Waals surface area contributed by atoms with E-state index in [9.17, 15) is 9.50 Å². The lowest BCUT2D eigenvalue weighted by Gasteiger charge is -2.37. The van der Waals surface area contributed by atoms with Crippen LogP contribution in [0.15, 0.2) is 30.7 Å². The van der Waals surface area contributed by atoms with Gasteiger partial charge in [0, 0.05) is 19.7 Å². The smallest absolute Gasteiger partial charge is 0.185 e. The van der Waals surface area contributed by atoms with Crippen LogP contribution in [0.25, 0.3) is 22.8 Å². The number of phenolic OH excluding ortho intramolecular Hbond substituents is 1. The van der Waals surface area contributed by atoms with Crippen LogP contribution >= 0.6 is 0 Å². The van der Waals surface area contributed by atoms with E-state index in [1.807, 2.05) is 11.9 Å². The molecule has 0 spiro atoms. The number of aromatic nitrogens is 6. The molecule has 1 N–H and O–H groups in total. The summed E-state index contributed by atoms with van der Waals surface area (Å²) >= 11 is 0. The van der Waals surface area contributed by atoms with E-state index in [0.717, 1.165) is 19.3 Å². The highest BCUT2D eigenvalue weighted by Gasteiger charge is 2.33. The van der Waals surface area contributed by atoms with Crippen LogP contribution in [0.4, 0.5) is 10.2 Å². The van der Waals surface area contributed by atoms with Crippen LogP contribution in [-0.4, -0.2) is 54.3 Å². The third-order valence-corrected chi connectivity index (χ3v) is 5.93. The second-order valence-electron chi connectivity index (χ2n) is 7.90. The van der Waals surface area contributed by atoms with E-state index in [4.69, 9.17) is 0 Å². The molecule has 30 heavy (non-hydrogen) atoms. The lowest BCUT2D eigenvalue weighted by molar-refractivity contribution is 0.170. The number of hydrogen-bond donors (Lipinski definition) is 1. The summed E-state index contributed by atoms with van der Waals surface area (Å²) in [4.78, 5) is 10.4. The monoisotopic (exact) mass is 411 g/mol. The number of benzene rings is 1. The van der Waals surface area contributed by atoms with Gasteiger partial charge in [-0.2, -0.15) is 5.10 Å². The molecule has 158 valence electrons. The molecule has 1 fully saturated rings. The average molecular weight is 411 g/mol. The maximum absolute atomic E-state index is 14.5. The number of alkyl halides is 1. The van der Waals surface area contributed by atoms with Crippen LogP contribution in [0.1, 0.15) is 32.6 Å². The highest BCUT2D eigenvalue weighted by molar-refractivity contribution is 5.70. The summed E-state index contributed by atoms with van der Waals surface area (Å²) < 4.78 is 16.1. The molecule has 0 bridgehead atoms. The van der Waals surface area contributed by atoms with E-state index in [1.54, 1.807) is 42.5 Å². The van der Waals surface area contributed by atoms with Gasteiger partial charge in [0.25, 0.3) is 0 Å². The average Bonchev–Trinajstić information content (AvgIpc) is 3.20. The predicted molar refractivity (Wildman–Crippen MR) is 112 cm³/mol. The minimum atomic E-state index is -0.879. The van der Waals surface area contributed by atoms with E-state index in [2.05, 4.69) is 32.2 Å². The standard InChI is InChI=1S/C21H26FN7O/c1-4-13-5-8-16(22)17(9-13)29(3)19-11-23-21(26-25-19)15-7-6-14(10-18(15)30)20-24-12-28(2)27-20/h6-7,10-13,16-17,30H,4-5,8-9H2,1-3H3/t13-,16+,17-/m1/s1. The number of anilines is 1. The van der Waals surface area contributed by atoms with Crippen LogP contribution in [0.2, 0.25) is 0 Å². The number of aromatic hydroxyl groups is 1. The highest BCUT2D eigenvalue weighted by Crippen LogP contribution is 2.34. The zero-order chi connectivity index (χ0) is 21.3. The minimum absolute atomic E-state index is 0.0183. The van der Waals surface area contributed by atoms with Crippen LogP contribution in [0.5, 0.6) is 5.75 Å². The Morgan fingerprint density at radius 3 is 2.67 bits per heavy atom. The van der Waals surface area contributed by atoms with Crippen LogP contribution < -0.4 is 4.90 Å². The van der Waals surface area contributed by atoms with Gasteiger partial charge in [-0.15, -0.1) is 10.2 Å². The second-order valence-corrected chi connectivity index (χ2v) is 7.90. The van der Waals surface area contributed by atoms with Crippen molar-refractivity contribution >= 4 is 5.82 Å². The summed E-state index contributed by atoms with van der Waals surface area (Å²) in [5, 5.41) is 23.1. The van der Waals surface area contributed by atoms with Crippen molar-refractivity contribution in [2.24, 2.45) is 13.0 Å². The number of rotatable bonds is 5. The van der Waals surface area contributed by atoms with E-state index in [-0.39, 0.29) is 11.8 Å². The normalized spacial score (nSPS) is 21.5. The van der Waals surface area contributed by atoms with Gasteiger partial charge in [0.1, 0.15) is 18.2 Å². The number of nitrogens with zero attached hydrogens (tertiary/aromatic N) is 7. The molecule has 9 heteroatoms. The molecule has 1 aliphatic rings. The molecular formula is C21H26FN7O. The SMILES string of the molecule is CC[C@@H]1CC[C@H](F)[C@H](N(C)c2cnc(-c3ccc(-c4ncn(C)n4)cc3O)nn2)C1. The predicted octanol–water partition coefficient (Wildman–Crippen LogP) is 3.39. The molecule has 1 saturated carbocycles. The Hall–Kier alpha value is -3.10. The molecule has 0 aliphatic heterocycles. The number of halogens is 1. The van der Waals surface area contributed by atoms with E-state index < -0.39 is 6.17 Å². The molecular weight excluding hydrogens is 385 g/mol. The molecule has 0 radical (unpaired) electrons. The summed E-state index contributed by atoms with van der Waals surface area (Å²) in [6, 6.07) is 4.87. The Bertz CT molecular complexity index is 1010. The van der Waals surface area contributed by atoms with Gasteiger partial charge in [-0.3, -0.25) is 4.68 Å². The summed E-state index contributed by atoms with van der Waals surface area (Å²) in [6.45, 7) is 2.15. The van der Waals surface area contributed by atoms with Crippen molar-refractivity contribution in [1.29, 1.82) is 0 Å². The Kier molecular flexibility index (Phi) is 5.61. The molecule has 0 unspecified atom stereocenters. The molecule has 2 aromatic heterocycles. The summed E-state index contributed by atoms with van der Waals surface area (Å²) in [7, 11) is 3.62. The summed E-state index contributed by atoms with van der Waals surface area (Å²) in [5.74, 6) is 1.90. The molecule has 0 amide bonds. The first-order valence-corrected chi connectivity index (χ1v) is 10.2. The first-order valence-electron chi connectivity index (χ1n) is 10.2. The lowest BCUT2D eigenvalue weighted by Crippen LogP contribution is -2.44. The fourth-order valence-corrected chi connectivity index (χ4v) is 4.02. The van der Waals surface area contributed by atoms with Crippen molar-refractivity contribution < 1.29 is 9.50 Å². The van der Waals surface area contributed by atoms with Gasteiger partial charge in [0.2, 0.25) is 0 Å². The van der Waals surface area contributed by atoms with Gasteiger partial charge in [-0.1, -0.05) is 19.4 Å². The third kappa shape index (κ3) is 3.96. The van der Waals surface area contributed by atoms with E-state index >= 15 is 0 Å². The Morgan fingerprint density at radius 1 is 1.20 bits per heavy atom. The molecule has 0 saturated heterocycles. The van der Waals surface area contributed by atoms with Crippen molar-refractivity contribution in [3.8, 4) is 28.5 Å². The van der Waals surface area contributed by atoms with Crippen molar-refractivity contribution in [1.82, 2.24) is 29.9 Å². The molecule has 4 rings (SSSR count).